The maximum absolute atomic E-state index is 12.7. The number of rotatable bonds is 3. The highest BCUT2D eigenvalue weighted by Gasteiger charge is 2.33. The Kier molecular flexibility index (Phi) is 3.97. The van der Waals surface area contributed by atoms with E-state index in [0.29, 0.717) is 12.0 Å². The smallest absolute Gasteiger partial charge is 0.327 e. The maximum atomic E-state index is 12.7. The Hall–Kier alpha value is -1.03. The van der Waals surface area contributed by atoms with E-state index in [2.05, 4.69) is 0 Å². The van der Waals surface area contributed by atoms with Gasteiger partial charge in [0.15, 0.2) is 0 Å². The lowest BCUT2D eigenvalue weighted by molar-refractivity contribution is -0.138. The third kappa shape index (κ3) is 3.23. The second-order valence-corrected chi connectivity index (χ2v) is 4.03. The van der Waals surface area contributed by atoms with Gasteiger partial charge in [0.1, 0.15) is 0 Å². The highest BCUT2D eigenvalue weighted by atomic mass is 19.4. The van der Waals surface area contributed by atoms with Crippen LogP contribution in [0.2, 0.25) is 0 Å². The van der Waals surface area contributed by atoms with Gasteiger partial charge >= 0.3 is 6.18 Å². The molecular formula is C12H16F3N. The van der Waals surface area contributed by atoms with Crippen LogP contribution in [-0.4, -0.2) is 6.04 Å². The third-order valence-electron chi connectivity index (χ3n) is 2.57. The molecule has 0 bridgehead atoms. The molecule has 1 unspecified atom stereocenters. The predicted octanol–water partition coefficient (Wildman–Crippen LogP) is 3.29. The zero-order valence-electron chi connectivity index (χ0n) is 9.43. The Balaban J connectivity index is 3.09. The fourth-order valence-corrected chi connectivity index (χ4v) is 1.59. The Bertz CT molecular complexity index is 358. The summed E-state index contributed by atoms with van der Waals surface area (Å²) in [4.78, 5) is 0. The van der Waals surface area contributed by atoms with Gasteiger partial charge in [-0.2, -0.15) is 13.2 Å². The summed E-state index contributed by atoms with van der Waals surface area (Å²) >= 11 is 0. The second-order valence-electron chi connectivity index (χ2n) is 4.03. The van der Waals surface area contributed by atoms with Gasteiger partial charge in [0.2, 0.25) is 0 Å². The first-order valence-electron chi connectivity index (χ1n) is 5.27. The predicted molar refractivity (Wildman–Crippen MR) is 58.2 cm³/mol. The number of aryl methyl sites for hydroxylation is 1. The first-order valence-corrected chi connectivity index (χ1v) is 5.27. The zero-order chi connectivity index (χ0) is 12.3. The first-order chi connectivity index (χ1) is 7.34. The van der Waals surface area contributed by atoms with Crippen LogP contribution in [-0.2, 0) is 12.6 Å². The standard InChI is InChI=1S/C12H16F3N/c1-3-10(16)7-9-6-8(2)4-5-11(9)12(13,14)15/h4-6,10H,3,7,16H2,1-2H3. The van der Waals surface area contributed by atoms with Gasteiger partial charge in [-0.15, -0.1) is 0 Å². The molecule has 1 rings (SSSR count). The van der Waals surface area contributed by atoms with Crippen molar-refractivity contribution < 1.29 is 13.2 Å². The second kappa shape index (κ2) is 4.87. The normalized spacial score (nSPS) is 13.9. The average molecular weight is 231 g/mol. The summed E-state index contributed by atoms with van der Waals surface area (Å²) in [6, 6.07) is 3.96. The van der Waals surface area contributed by atoms with E-state index in [1.165, 1.54) is 6.07 Å². The summed E-state index contributed by atoms with van der Waals surface area (Å²) in [6.45, 7) is 3.65. The monoisotopic (exact) mass is 231 g/mol. The number of halogens is 3. The summed E-state index contributed by atoms with van der Waals surface area (Å²) in [5, 5.41) is 0. The summed E-state index contributed by atoms with van der Waals surface area (Å²) in [5.74, 6) is 0. The quantitative estimate of drug-likeness (QED) is 0.848. The van der Waals surface area contributed by atoms with Crippen molar-refractivity contribution in [2.75, 3.05) is 0 Å². The van der Waals surface area contributed by atoms with Crippen LogP contribution in [0.1, 0.15) is 30.0 Å². The van der Waals surface area contributed by atoms with E-state index in [1.54, 1.807) is 13.0 Å². The molecule has 0 aliphatic rings. The summed E-state index contributed by atoms with van der Waals surface area (Å²) < 4.78 is 38.1. The van der Waals surface area contributed by atoms with E-state index in [4.69, 9.17) is 5.73 Å². The van der Waals surface area contributed by atoms with Gasteiger partial charge in [-0.05, 0) is 31.4 Å². The topological polar surface area (TPSA) is 26.0 Å². The van der Waals surface area contributed by atoms with Gasteiger partial charge in [-0.3, -0.25) is 0 Å². The fraction of sp³-hybridized carbons (Fsp3) is 0.500. The van der Waals surface area contributed by atoms with Crippen molar-refractivity contribution >= 4 is 0 Å². The number of benzene rings is 1. The molecule has 1 aromatic rings. The van der Waals surface area contributed by atoms with Crippen LogP contribution in [0.4, 0.5) is 13.2 Å². The Morgan fingerprint density at radius 3 is 2.44 bits per heavy atom. The largest absolute Gasteiger partial charge is 0.416 e. The van der Waals surface area contributed by atoms with E-state index in [-0.39, 0.29) is 12.5 Å². The molecule has 0 fully saturated rings. The van der Waals surface area contributed by atoms with Gasteiger partial charge in [-0.25, -0.2) is 0 Å². The van der Waals surface area contributed by atoms with Crippen LogP contribution in [0.25, 0.3) is 0 Å². The minimum absolute atomic E-state index is 0.220. The molecule has 0 saturated carbocycles. The van der Waals surface area contributed by atoms with Crippen molar-refractivity contribution in [1.29, 1.82) is 0 Å². The van der Waals surface area contributed by atoms with Crippen LogP contribution < -0.4 is 5.73 Å². The van der Waals surface area contributed by atoms with Crippen LogP contribution in [0, 0.1) is 6.92 Å². The Morgan fingerprint density at radius 1 is 1.31 bits per heavy atom. The van der Waals surface area contributed by atoms with Gasteiger partial charge in [0.25, 0.3) is 0 Å². The Morgan fingerprint density at radius 2 is 1.94 bits per heavy atom. The molecule has 0 spiro atoms. The van der Waals surface area contributed by atoms with E-state index in [0.717, 1.165) is 11.6 Å². The molecule has 1 atom stereocenters. The van der Waals surface area contributed by atoms with E-state index in [1.807, 2.05) is 6.92 Å². The minimum Gasteiger partial charge on any atom is -0.327 e. The molecule has 90 valence electrons. The molecule has 0 saturated heterocycles. The fourth-order valence-electron chi connectivity index (χ4n) is 1.59. The van der Waals surface area contributed by atoms with Gasteiger partial charge in [0, 0.05) is 6.04 Å². The van der Waals surface area contributed by atoms with Crippen LogP contribution in [0.15, 0.2) is 18.2 Å². The molecule has 0 aliphatic heterocycles. The molecule has 0 aromatic heterocycles. The third-order valence-corrected chi connectivity index (χ3v) is 2.57. The van der Waals surface area contributed by atoms with Crippen molar-refractivity contribution in [2.24, 2.45) is 5.73 Å². The number of alkyl halides is 3. The highest BCUT2D eigenvalue weighted by Crippen LogP contribution is 2.33. The van der Waals surface area contributed by atoms with Gasteiger partial charge in [0.05, 0.1) is 5.56 Å². The molecule has 2 N–H and O–H groups in total. The lowest BCUT2D eigenvalue weighted by atomic mass is 9.97. The lowest BCUT2D eigenvalue weighted by Crippen LogP contribution is -2.23. The lowest BCUT2D eigenvalue weighted by Gasteiger charge is -2.16. The molecule has 0 aliphatic carbocycles. The molecule has 1 aromatic carbocycles. The summed E-state index contributed by atoms with van der Waals surface area (Å²) in [5.41, 5.74) is 6.25. The molecule has 0 amide bonds. The summed E-state index contributed by atoms with van der Waals surface area (Å²) in [6.07, 6.45) is -3.35. The van der Waals surface area contributed by atoms with Gasteiger partial charge < -0.3 is 5.73 Å². The molecule has 4 heteroatoms. The van der Waals surface area contributed by atoms with E-state index < -0.39 is 11.7 Å². The molecular weight excluding hydrogens is 215 g/mol. The van der Waals surface area contributed by atoms with Crippen LogP contribution in [0.3, 0.4) is 0 Å². The summed E-state index contributed by atoms with van der Waals surface area (Å²) in [7, 11) is 0. The maximum Gasteiger partial charge on any atom is 0.416 e. The number of nitrogens with two attached hydrogens (primary N) is 1. The van der Waals surface area contributed by atoms with E-state index >= 15 is 0 Å². The van der Waals surface area contributed by atoms with Crippen molar-refractivity contribution in [3.05, 3.63) is 34.9 Å². The van der Waals surface area contributed by atoms with Crippen molar-refractivity contribution in [3.8, 4) is 0 Å². The van der Waals surface area contributed by atoms with Gasteiger partial charge in [-0.1, -0.05) is 24.6 Å². The van der Waals surface area contributed by atoms with Crippen molar-refractivity contribution in [1.82, 2.24) is 0 Å². The average Bonchev–Trinajstić information content (AvgIpc) is 2.15. The molecule has 1 nitrogen and oxygen atoms in total. The first kappa shape index (κ1) is 13.0. The van der Waals surface area contributed by atoms with Crippen molar-refractivity contribution in [3.63, 3.8) is 0 Å². The molecule has 16 heavy (non-hydrogen) atoms. The van der Waals surface area contributed by atoms with Crippen LogP contribution >= 0.6 is 0 Å². The SMILES string of the molecule is CCC(N)Cc1cc(C)ccc1C(F)(F)F. The van der Waals surface area contributed by atoms with Crippen LogP contribution in [0.5, 0.6) is 0 Å². The highest BCUT2D eigenvalue weighted by molar-refractivity contribution is 5.34. The van der Waals surface area contributed by atoms with Crippen molar-refractivity contribution in [2.45, 2.75) is 38.9 Å². The molecule has 0 heterocycles. The van der Waals surface area contributed by atoms with E-state index in [9.17, 15) is 13.2 Å². The number of hydrogen-bond donors (Lipinski definition) is 1. The minimum atomic E-state index is -4.30. The number of hydrogen-bond acceptors (Lipinski definition) is 1. The molecule has 0 radical (unpaired) electrons. The zero-order valence-corrected chi connectivity index (χ0v) is 9.43. The Labute approximate surface area is 93.5 Å².